The van der Waals surface area contributed by atoms with Crippen molar-refractivity contribution in [2.45, 2.75) is 18.2 Å². The molecule has 0 aliphatic heterocycles. The number of esters is 1. The zero-order valence-electron chi connectivity index (χ0n) is 11.7. The van der Waals surface area contributed by atoms with Gasteiger partial charge in [0.1, 0.15) is 0 Å². The maximum atomic E-state index is 12.0. The predicted molar refractivity (Wildman–Crippen MR) is 80.5 cm³/mol. The van der Waals surface area contributed by atoms with Crippen molar-refractivity contribution in [1.82, 2.24) is 0 Å². The molecule has 1 aromatic carbocycles. The lowest BCUT2D eigenvalue weighted by Gasteiger charge is -1.99. The molecule has 4 heteroatoms. The third kappa shape index (κ3) is 3.73. The Kier molecular flexibility index (Phi) is 5.01. The number of thioether (sulfide) groups is 1. The number of carbonyl (C=O) groups excluding carboxylic acids is 2. The number of rotatable bonds is 6. The van der Waals surface area contributed by atoms with E-state index in [0.717, 1.165) is 10.5 Å². The fourth-order valence-electron chi connectivity index (χ4n) is 2.07. The molecule has 0 amide bonds. The molecule has 0 saturated heterocycles. The molecule has 20 heavy (non-hydrogen) atoms. The lowest BCUT2D eigenvalue weighted by Crippen LogP contribution is -2.10. The van der Waals surface area contributed by atoms with E-state index >= 15 is 0 Å². The summed E-state index contributed by atoms with van der Waals surface area (Å²) in [5.74, 6) is -0.653. The second-order valence-corrected chi connectivity index (χ2v) is 5.59. The van der Waals surface area contributed by atoms with E-state index in [4.69, 9.17) is 4.74 Å². The van der Waals surface area contributed by atoms with Gasteiger partial charge in [0.15, 0.2) is 5.78 Å². The third-order valence-electron chi connectivity index (χ3n) is 3.28. The van der Waals surface area contributed by atoms with Crippen molar-refractivity contribution in [3.05, 3.63) is 35.9 Å². The summed E-state index contributed by atoms with van der Waals surface area (Å²) >= 11 is 1.67. The fourth-order valence-corrected chi connectivity index (χ4v) is 2.53. The Morgan fingerprint density at radius 2 is 2.20 bits per heavy atom. The minimum atomic E-state index is -0.247. The topological polar surface area (TPSA) is 43.4 Å². The van der Waals surface area contributed by atoms with Gasteiger partial charge in [-0.2, -0.15) is 0 Å². The largest absolute Gasteiger partial charge is 0.466 e. The SMILES string of the molecule is CCOC(=O)[C@H]1C[C@@H]1C(=O)/C=C/c1cccc(SC)c1. The summed E-state index contributed by atoms with van der Waals surface area (Å²) in [6.07, 6.45) is 6.01. The lowest BCUT2D eigenvalue weighted by molar-refractivity contribution is -0.145. The number of benzene rings is 1. The molecule has 2 atom stereocenters. The van der Waals surface area contributed by atoms with Gasteiger partial charge in [-0.1, -0.05) is 18.2 Å². The highest BCUT2D eigenvalue weighted by molar-refractivity contribution is 7.98. The zero-order valence-corrected chi connectivity index (χ0v) is 12.5. The van der Waals surface area contributed by atoms with Crippen molar-refractivity contribution in [1.29, 1.82) is 0 Å². The van der Waals surface area contributed by atoms with E-state index in [1.165, 1.54) is 0 Å². The molecule has 0 unspecified atom stereocenters. The van der Waals surface area contributed by atoms with Gasteiger partial charge >= 0.3 is 5.97 Å². The summed E-state index contributed by atoms with van der Waals surface area (Å²) < 4.78 is 4.92. The Morgan fingerprint density at radius 3 is 2.90 bits per heavy atom. The number of carbonyl (C=O) groups is 2. The van der Waals surface area contributed by atoms with Gasteiger partial charge in [-0.15, -0.1) is 11.8 Å². The molecule has 1 aliphatic rings. The van der Waals surface area contributed by atoms with Crippen molar-refractivity contribution >= 4 is 29.6 Å². The molecule has 0 heterocycles. The van der Waals surface area contributed by atoms with Crippen molar-refractivity contribution in [3.63, 3.8) is 0 Å². The minimum Gasteiger partial charge on any atom is -0.466 e. The minimum absolute atomic E-state index is 0.0117. The second-order valence-electron chi connectivity index (χ2n) is 4.71. The molecule has 0 aromatic heterocycles. The fraction of sp³-hybridized carbons (Fsp3) is 0.375. The zero-order chi connectivity index (χ0) is 14.5. The molecular weight excluding hydrogens is 272 g/mol. The average molecular weight is 290 g/mol. The third-order valence-corrected chi connectivity index (χ3v) is 4.00. The number of ketones is 1. The molecule has 1 fully saturated rings. The summed E-state index contributed by atoms with van der Waals surface area (Å²) in [5.41, 5.74) is 0.999. The van der Waals surface area contributed by atoms with E-state index in [9.17, 15) is 9.59 Å². The van der Waals surface area contributed by atoms with Crippen LogP contribution < -0.4 is 0 Å². The maximum absolute atomic E-state index is 12.0. The van der Waals surface area contributed by atoms with Crippen LogP contribution in [0.2, 0.25) is 0 Å². The summed E-state index contributed by atoms with van der Waals surface area (Å²) in [6, 6.07) is 7.99. The molecule has 0 radical (unpaired) electrons. The first-order valence-corrected chi connectivity index (χ1v) is 7.90. The first-order valence-electron chi connectivity index (χ1n) is 6.68. The van der Waals surface area contributed by atoms with Gasteiger partial charge in [0.2, 0.25) is 0 Å². The van der Waals surface area contributed by atoms with Gasteiger partial charge in [-0.3, -0.25) is 9.59 Å². The molecule has 0 spiro atoms. The normalized spacial score (nSPS) is 20.9. The van der Waals surface area contributed by atoms with Crippen LogP contribution in [0, 0.1) is 11.8 Å². The molecule has 0 N–H and O–H groups in total. The monoisotopic (exact) mass is 290 g/mol. The van der Waals surface area contributed by atoms with E-state index < -0.39 is 0 Å². The van der Waals surface area contributed by atoms with Crippen LogP contribution in [0.3, 0.4) is 0 Å². The first kappa shape index (κ1) is 14.9. The van der Waals surface area contributed by atoms with E-state index in [0.29, 0.717) is 13.0 Å². The van der Waals surface area contributed by atoms with Crippen LogP contribution in [0.4, 0.5) is 0 Å². The molecule has 0 bridgehead atoms. The predicted octanol–water partition coefficient (Wildman–Crippen LogP) is 3.19. The van der Waals surface area contributed by atoms with E-state index in [1.54, 1.807) is 24.8 Å². The highest BCUT2D eigenvalue weighted by atomic mass is 32.2. The summed E-state index contributed by atoms with van der Waals surface area (Å²) in [5, 5.41) is 0. The standard InChI is InChI=1S/C16H18O3S/c1-3-19-16(18)14-10-13(14)15(17)8-7-11-5-4-6-12(9-11)20-2/h4-9,13-14H,3,10H2,1-2H3/b8-7+/t13-,14-/m0/s1. The van der Waals surface area contributed by atoms with Crippen molar-refractivity contribution in [2.75, 3.05) is 12.9 Å². The summed E-state index contributed by atoms with van der Waals surface area (Å²) in [6.45, 7) is 2.14. The molecule has 3 nitrogen and oxygen atoms in total. The van der Waals surface area contributed by atoms with Gasteiger partial charge < -0.3 is 4.74 Å². The van der Waals surface area contributed by atoms with Crippen LogP contribution in [0.5, 0.6) is 0 Å². The molecule has 106 valence electrons. The molecule has 1 aromatic rings. The van der Waals surface area contributed by atoms with Crippen LogP contribution in [-0.2, 0) is 14.3 Å². The van der Waals surface area contributed by atoms with Crippen LogP contribution in [-0.4, -0.2) is 24.6 Å². The summed E-state index contributed by atoms with van der Waals surface area (Å²) in [7, 11) is 0. The first-order chi connectivity index (χ1) is 9.65. The average Bonchev–Trinajstić information content (AvgIpc) is 3.26. The highest BCUT2D eigenvalue weighted by Crippen LogP contribution is 2.40. The van der Waals surface area contributed by atoms with E-state index in [1.807, 2.05) is 36.6 Å². The highest BCUT2D eigenvalue weighted by Gasteiger charge is 2.47. The van der Waals surface area contributed by atoms with Gasteiger partial charge in [-0.05, 0) is 43.4 Å². The molecule has 1 saturated carbocycles. The smallest absolute Gasteiger partial charge is 0.309 e. The molecular formula is C16H18O3S. The molecule has 2 rings (SSSR count). The van der Waals surface area contributed by atoms with Gasteiger partial charge in [0.25, 0.3) is 0 Å². The van der Waals surface area contributed by atoms with Crippen LogP contribution in [0.1, 0.15) is 18.9 Å². The van der Waals surface area contributed by atoms with Gasteiger partial charge in [0.05, 0.1) is 12.5 Å². The van der Waals surface area contributed by atoms with Gasteiger partial charge in [0, 0.05) is 10.8 Å². The lowest BCUT2D eigenvalue weighted by atomic mass is 10.1. The number of hydrogen-bond donors (Lipinski definition) is 0. The van der Waals surface area contributed by atoms with E-state index in [2.05, 4.69) is 0 Å². The van der Waals surface area contributed by atoms with Crippen molar-refractivity contribution in [2.24, 2.45) is 11.8 Å². The maximum Gasteiger partial charge on any atom is 0.309 e. The molecule has 1 aliphatic carbocycles. The van der Waals surface area contributed by atoms with Crippen LogP contribution >= 0.6 is 11.8 Å². The van der Waals surface area contributed by atoms with Crippen LogP contribution in [0.15, 0.2) is 35.2 Å². The summed E-state index contributed by atoms with van der Waals surface area (Å²) in [4.78, 5) is 24.6. The van der Waals surface area contributed by atoms with Crippen molar-refractivity contribution in [3.8, 4) is 0 Å². The Hall–Kier alpha value is -1.55. The number of allylic oxidation sites excluding steroid dienone is 1. The Bertz CT molecular complexity index is 536. The Morgan fingerprint density at radius 1 is 1.40 bits per heavy atom. The van der Waals surface area contributed by atoms with E-state index in [-0.39, 0.29) is 23.6 Å². The van der Waals surface area contributed by atoms with Crippen molar-refractivity contribution < 1.29 is 14.3 Å². The Balaban J connectivity index is 1.92. The van der Waals surface area contributed by atoms with Gasteiger partial charge in [-0.25, -0.2) is 0 Å². The Labute approximate surface area is 123 Å². The van der Waals surface area contributed by atoms with Crippen LogP contribution in [0.25, 0.3) is 6.08 Å². The number of ether oxygens (including phenoxy) is 1. The second kappa shape index (κ2) is 6.75. The quantitative estimate of drug-likeness (QED) is 0.458. The number of hydrogen-bond acceptors (Lipinski definition) is 4.